The van der Waals surface area contributed by atoms with E-state index in [1.165, 1.54) is 30.4 Å². The van der Waals surface area contributed by atoms with Gasteiger partial charge in [-0.2, -0.15) is 0 Å². The van der Waals surface area contributed by atoms with E-state index in [1.807, 2.05) is 24.1 Å². The average molecular weight is 244 g/mol. The summed E-state index contributed by atoms with van der Waals surface area (Å²) in [5, 5.41) is 3.35. The van der Waals surface area contributed by atoms with Crippen LogP contribution in [0.4, 0.5) is 0 Å². The second-order valence-corrected chi connectivity index (χ2v) is 5.42. The molecule has 1 aliphatic heterocycles. The van der Waals surface area contributed by atoms with E-state index in [0.717, 1.165) is 13.1 Å². The van der Waals surface area contributed by atoms with Crippen LogP contribution >= 0.6 is 0 Å². The first-order valence-electron chi connectivity index (χ1n) is 6.82. The monoisotopic (exact) mass is 244 g/mol. The van der Waals surface area contributed by atoms with E-state index in [1.54, 1.807) is 0 Å². The Kier molecular flexibility index (Phi) is 3.08. The summed E-state index contributed by atoms with van der Waals surface area (Å²) in [6.45, 7) is 1.65. The lowest BCUT2D eigenvalue weighted by Crippen LogP contribution is -2.46. The van der Waals surface area contributed by atoms with Gasteiger partial charge in [-0.25, -0.2) is 0 Å². The molecule has 0 bridgehead atoms. The Hall–Kier alpha value is -1.35. The van der Waals surface area contributed by atoms with E-state index in [-0.39, 0.29) is 11.8 Å². The lowest BCUT2D eigenvalue weighted by atomic mass is 9.87. The van der Waals surface area contributed by atoms with Gasteiger partial charge in [-0.1, -0.05) is 24.3 Å². The maximum Gasteiger partial charge on any atom is 0.231 e. The molecule has 1 amide bonds. The highest BCUT2D eigenvalue weighted by Crippen LogP contribution is 2.29. The molecule has 96 valence electrons. The van der Waals surface area contributed by atoms with Crippen LogP contribution in [0.25, 0.3) is 0 Å². The number of amides is 1. The smallest absolute Gasteiger partial charge is 0.231 e. The molecule has 1 fully saturated rings. The normalized spacial score (nSPS) is 23.1. The molecule has 0 aromatic heterocycles. The summed E-state index contributed by atoms with van der Waals surface area (Å²) < 4.78 is 0. The minimum Gasteiger partial charge on any atom is -0.342 e. The average Bonchev–Trinajstić information content (AvgIpc) is 2.35. The standard InChI is InChI=1S/C15H20N2O/c1-17(12-6-4-7-12)15(18)14-10-16-9-11-5-2-3-8-13(11)14/h2-3,5,8,12,14,16H,4,6-7,9-10H2,1H3. The van der Waals surface area contributed by atoms with Gasteiger partial charge in [0.1, 0.15) is 0 Å². The second-order valence-electron chi connectivity index (χ2n) is 5.42. The van der Waals surface area contributed by atoms with Crippen molar-refractivity contribution in [3.63, 3.8) is 0 Å². The van der Waals surface area contributed by atoms with Gasteiger partial charge in [-0.15, -0.1) is 0 Å². The summed E-state index contributed by atoms with van der Waals surface area (Å²) in [6, 6.07) is 8.78. The number of nitrogens with one attached hydrogen (secondary N) is 1. The van der Waals surface area contributed by atoms with E-state index >= 15 is 0 Å². The van der Waals surface area contributed by atoms with E-state index in [4.69, 9.17) is 0 Å². The fourth-order valence-corrected chi connectivity index (χ4v) is 2.92. The molecular weight excluding hydrogens is 224 g/mol. The molecule has 1 heterocycles. The zero-order valence-corrected chi connectivity index (χ0v) is 10.9. The van der Waals surface area contributed by atoms with Crippen molar-refractivity contribution in [3.8, 4) is 0 Å². The third kappa shape index (κ3) is 1.93. The van der Waals surface area contributed by atoms with Crippen LogP contribution in [0.2, 0.25) is 0 Å². The van der Waals surface area contributed by atoms with Gasteiger partial charge in [0.05, 0.1) is 5.92 Å². The predicted molar refractivity (Wildman–Crippen MR) is 71.3 cm³/mol. The van der Waals surface area contributed by atoms with Gasteiger partial charge in [-0.05, 0) is 30.4 Å². The number of rotatable bonds is 2. The van der Waals surface area contributed by atoms with Crippen LogP contribution in [-0.2, 0) is 11.3 Å². The van der Waals surface area contributed by atoms with Gasteiger partial charge in [0.15, 0.2) is 0 Å². The third-order valence-corrected chi connectivity index (χ3v) is 4.36. The summed E-state index contributed by atoms with van der Waals surface area (Å²) in [7, 11) is 1.96. The van der Waals surface area contributed by atoms with Crippen LogP contribution in [-0.4, -0.2) is 30.4 Å². The van der Waals surface area contributed by atoms with Crippen molar-refractivity contribution >= 4 is 5.91 Å². The Morgan fingerprint density at radius 2 is 2.11 bits per heavy atom. The van der Waals surface area contributed by atoms with Gasteiger partial charge < -0.3 is 10.2 Å². The van der Waals surface area contributed by atoms with E-state index in [9.17, 15) is 4.79 Å². The zero-order chi connectivity index (χ0) is 12.5. The fraction of sp³-hybridized carbons (Fsp3) is 0.533. The zero-order valence-electron chi connectivity index (χ0n) is 10.9. The van der Waals surface area contributed by atoms with Crippen LogP contribution in [0, 0.1) is 0 Å². The van der Waals surface area contributed by atoms with Crippen LogP contribution in [0.5, 0.6) is 0 Å². The van der Waals surface area contributed by atoms with Gasteiger partial charge in [0.2, 0.25) is 5.91 Å². The maximum absolute atomic E-state index is 12.6. The molecule has 1 aromatic rings. The first-order chi connectivity index (χ1) is 8.77. The van der Waals surface area contributed by atoms with Crippen LogP contribution < -0.4 is 5.32 Å². The highest BCUT2D eigenvalue weighted by molar-refractivity contribution is 5.85. The highest BCUT2D eigenvalue weighted by Gasteiger charge is 2.33. The van der Waals surface area contributed by atoms with Crippen molar-refractivity contribution in [1.29, 1.82) is 0 Å². The fourth-order valence-electron chi connectivity index (χ4n) is 2.92. The van der Waals surface area contributed by atoms with Crippen LogP contribution in [0.1, 0.15) is 36.3 Å². The lowest BCUT2D eigenvalue weighted by Gasteiger charge is -2.38. The molecule has 1 N–H and O–H groups in total. The van der Waals surface area contributed by atoms with Crippen molar-refractivity contribution in [2.45, 2.75) is 37.8 Å². The van der Waals surface area contributed by atoms with Crippen molar-refractivity contribution in [3.05, 3.63) is 35.4 Å². The number of hydrogen-bond donors (Lipinski definition) is 1. The SMILES string of the molecule is CN(C(=O)C1CNCc2ccccc21)C1CCC1. The molecule has 0 spiro atoms. The molecule has 1 saturated carbocycles. The Morgan fingerprint density at radius 1 is 1.33 bits per heavy atom. The number of likely N-dealkylation sites (N-methyl/N-ethyl adjacent to an activating group) is 1. The molecule has 3 nitrogen and oxygen atoms in total. The molecule has 3 heteroatoms. The van der Waals surface area contributed by atoms with E-state index < -0.39 is 0 Å². The van der Waals surface area contributed by atoms with Crippen molar-refractivity contribution in [2.24, 2.45) is 0 Å². The molecule has 1 unspecified atom stereocenters. The molecule has 18 heavy (non-hydrogen) atoms. The van der Waals surface area contributed by atoms with Crippen molar-refractivity contribution in [1.82, 2.24) is 10.2 Å². The molecule has 3 rings (SSSR count). The van der Waals surface area contributed by atoms with Gasteiger partial charge >= 0.3 is 0 Å². The van der Waals surface area contributed by atoms with Gasteiger partial charge in [0, 0.05) is 26.2 Å². The Labute approximate surface area is 108 Å². The molecule has 0 radical (unpaired) electrons. The topological polar surface area (TPSA) is 32.3 Å². The summed E-state index contributed by atoms with van der Waals surface area (Å²) in [6.07, 6.45) is 3.61. The van der Waals surface area contributed by atoms with Crippen molar-refractivity contribution in [2.75, 3.05) is 13.6 Å². The summed E-state index contributed by atoms with van der Waals surface area (Å²) in [5.41, 5.74) is 2.48. The third-order valence-electron chi connectivity index (χ3n) is 4.36. The molecule has 1 atom stereocenters. The number of carbonyl (C=O) groups excluding carboxylic acids is 1. The van der Waals surface area contributed by atoms with Gasteiger partial charge in [-0.3, -0.25) is 4.79 Å². The number of nitrogens with zero attached hydrogens (tertiary/aromatic N) is 1. The number of hydrogen-bond acceptors (Lipinski definition) is 2. The largest absolute Gasteiger partial charge is 0.342 e. The maximum atomic E-state index is 12.6. The lowest BCUT2D eigenvalue weighted by molar-refractivity contribution is -0.135. The Morgan fingerprint density at radius 3 is 2.83 bits per heavy atom. The first-order valence-corrected chi connectivity index (χ1v) is 6.82. The van der Waals surface area contributed by atoms with Crippen LogP contribution in [0.3, 0.4) is 0 Å². The molecule has 0 saturated heterocycles. The van der Waals surface area contributed by atoms with E-state index in [0.29, 0.717) is 6.04 Å². The second kappa shape index (κ2) is 4.73. The van der Waals surface area contributed by atoms with E-state index in [2.05, 4.69) is 17.4 Å². The first kappa shape index (κ1) is 11.7. The minimum absolute atomic E-state index is 0.000509. The predicted octanol–water partition coefficient (Wildman–Crippen LogP) is 1.88. The highest BCUT2D eigenvalue weighted by atomic mass is 16.2. The quantitative estimate of drug-likeness (QED) is 0.861. The number of fused-ring (bicyclic) bond motifs is 1. The van der Waals surface area contributed by atoms with Crippen molar-refractivity contribution < 1.29 is 4.79 Å². The molecule has 1 aliphatic carbocycles. The van der Waals surface area contributed by atoms with Gasteiger partial charge in [0.25, 0.3) is 0 Å². The Balaban J connectivity index is 1.82. The summed E-state index contributed by atoms with van der Waals surface area (Å²) >= 11 is 0. The number of benzene rings is 1. The summed E-state index contributed by atoms with van der Waals surface area (Å²) in [5.74, 6) is 0.278. The minimum atomic E-state index is 0.000509. The van der Waals surface area contributed by atoms with Crippen LogP contribution in [0.15, 0.2) is 24.3 Å². The number of carbonyl (C=O) groups is 1. The summed E-state index contributed by atoms with van der Waals surface area (Å²) in [4.78, 5) is 14.6. The molecule has 2 aliphatic rings. The molecular formula is C15H20N2O. The Bertz CT molecular complexity index is 454. The molecule has 1 aromatic carbocycles.